The average Bonchev–Trinajstić information content (AvgIpc) is 1.24. The van der Waals surface area contributed by atoms with E-state index in [1.807, 2.05) is 121 Å². The standard InChI is InChI=1S/C83H50B3F8N3O3S2/c1-37-21-40(4)72(41(5)22-37)44-27-62-74-63(28-44)97(80-58(93)15-10-16-59(80)94)77-48-31-46(87)17-19-70(48)101-82(77)85(74)50-33-52-65(35-60(50)95(62)78-54(89)11-8-12-55(78)90)98-67-25-39(3)26-68-76(67)84(52)53-34-51-61(36-66(53)99-68)96(79-56(91)13-9-14-57(79)92)64-29-45(73-42(6)23-38(2)24-43(73)7)30-69-75(64)86(51)83-81(100-69)49-32-47(88)18-20-71(49)102-83/h8-36H,1-7H3. The molecule has 492 valence electrons. The first-order chi connectivity index (χ1) is 49.2. The third kappa shape index (κ3) is 8.48. The van der Waals surface area contributed by atoms with Crippen molar-refractivity contribution in [2.24, 2.45) is 0 Å². The van der Waals surface area contributed by atoms with Crippen molar-refractivity contribution in [2.45, 2.75) is 48.5 Å². The summed E-state index contributed by atoms with van der Waals surface area (Å²) in [5.41, 5.74) is 14.5. The van der Waals surface area contributed by atoms with Crippen LogP contribution in [0.3, 0.4) is 0 Å². The molecule has 19 heteroatoms. The number of benzene rings is 12. The van der Waals surface area contributed by atoms with Crippen LogP contribution in [-0.2, 0) is 0 Å². The van der Waals surface area contributed by atoms with E-state index in [-0.39, 0.29) is 11.4 Å². The van der Waals surface area contributed by atoms with Gasteiger partial charge in [0, 0.05) is 75.8 Å². The summed E-state index contributed by atoms with van der Waals surface area (Å²) in [5.74, 6) is -3.90. The minimum absolute atomic E-state index is 0.284. The van der Waals surface area contributed by atoms with Crippen molar-refractivity contribution < 1.29 is 49.3 Å². The molecule has 0 radical (unpaired) electrons. The molecule has 12 aromatic carbocycles. The Morgan fingerprint density at radius 2 is 0.716 bits per heavy atom. The maximum Gasteiger partial charge on any atom is 0.268 e. The van der Waals surface area contributed by atoms with Crippen molar-refractivity contribution in [3.8, 4) is 56.8 Å². The molecule has 8 heterocycles. The fourth-order valence-electron chi connectivity index (χ4n) is 17.6. The number of hydrogen-bond donors (Lipinski definition) is 0. The summed E-state index contributed by atoms with van der Waals surface area (Å²) in [5, 5.41) is 0.936. The summed E-state index contributed by atoms with van der Waals surface area (Å²) in [6.07, 6.45) is 0. The number of halogens is 8. The quantitative estimate of drug-likeness (QED) is 0.126. The molecule has 20 rings (SSSR count). The smallest absolute Gasteiger partial charge is 0.268 e. The molecule has 0 N–H and O–H groups in total. The summed E-state index contributed by atoms with van der Waals surface area (Å²) in [6, 6.07) is 47.5. The molecule has 0 saturated carbocycles. The monoisotopic (exact) mass is 1390 g/mol. The lowest BCUT2D eigenvalue weighted by Crippen LogP contribution is -2.64. The minimum atomic E-state index is -0.904. The largest absolute Gasteiger partial charge is 0.458 e. The highest BCUT2D eigenvalue weighted by Crippen LogP contribution is 2.54. The minimum Gasteiger partial charge on any atom is -0.458 e. The van der Waals surface area contributed by atoms with E-state index >= 15 is 35.1 Å². The van der Waals surface area contributed by atoms with Gasteiger partial charge in [0.2, 0.25) is 0 Å². The first-order valence-corrected chi connectivity index (χ1v) is 35.1. The molecule has 2 aromatic heterocycles. The molecule has 0 bridgehead atoms. The number of para-hydroxylation sites is 3. The molecule has 0 saturated heterocycles. The Bertz CT molecular complexity index is 6110. The second-order valence-corrected chi connectivity index (χ2v) is 29.8. The van der Waals surface area contributed by atoms with Crippen LogP contribution in [0, 0.1) is 95.0 Å². The third-order valence-corrected chi connectivity index (χ3v) is 23.7. The zero-order valence-corrected chi connectivity index (χ0v) is 57.0. The predicted octanol–water partition coefficient (Wildman–Crippen LogP) is 17.9. The van der Waals surface area contributed by atoms with Crippen LogP contribution < -0.4 is 76.7 Å². The van der Waals surface area contributed by atoms with E-state index in [0.717, 1.165) is 65.1 Å². The van der Waals surface area contributed by atoms with Crippen LogP contribution in [0.15, 0.2) is 176 Å². The number of aryl methyl sites for hydroxylation is 7. The molecule has 14 aromatic rings. The van der Waals surface area contributed by atoms with Crippen LogP contribution in [0.5, 0.6) is 34.5 Å². The molecule has 6 aliphatic heterocycles. The molecule has 0 atom stereocenters. The van der Waals surface area contributed by atoms with Crippen LogP contribution in [0.25, 0.3) is 42.4 Å². The number of thiophene rings is 2. The van der Waals surface area contributed by atoms with Crippen LogP contribution in [-0.4, -0.2) is 20.1 Å². The van der Waals surface area contributed by atoms with E-state index in [0.29, 0.717) is 127 Å². The van der Waals surface area contributed by atoms with Gasteiger partial charge in [0.1, 0.15) is 98.1 Å². The zero-order chi connectivity index (χ0) is 69.6. The van der Waals surface area contributed by atoms with Gasteiger partial charge in [-0.1, -0.05) is 65.7 Å². The maximum absolute atomic E-state index is 17.6. The van der Waals surface area contributed by atoms with Gasteiger partial charge in [-0.3, -0.25) is 0 Å². The van der Waals surface area contributed by atoms with Gasteiger partial charge in [-0.25, -0.2) is 35.1 Å². The molecule has 0 aliphatic carbocycles. The molecule has 0 spiro atoms. The van der Waals surface area contributed by atoms with Gasteiger partial charge < -0.3 is 28.9 Å². The molecule has 0 unspecified atom stereocenters. The Hall–Kier alpha value is -11.0. The molecule has 0 fully saturated rings. The number of rotatable bonds is 5. The number of fused-ring (bicyclic) bond motifs is 16. The average molecular weight is 1390 g/mol. The van der Waals surface area contributed by atoms with Gasteiger partial charge >= 0.3 is 0 Å². The molecule has 0 amide bonds. The Morgan fingerprint density at radius 3 is 1.22 bits per heavy atom. The lowest BCUT2D eigenvalue weighted by Gasteiger charge is -2.44. The summed E-state index contributed by atoms with van der Waals surface area (Å²) >= 11 is 2.77. The van der Waals surface area contributed by atoms with Crippen molar-refractivity contribution >= 4 is 162 Å². The van der Waals surface area contributed by atoms with Crippen LogP contribution in [0.2, 0.25) is 0 Å². The van der Waals surface area contributed by atoms with Gasteiger partial charge in [0.25, 0.3) is 20.1 Å². The van der Waals surface area contributed by atoms with E-state index in [4.69, 9.17) is 14.2 Å². The molecule has 6 aliphatic rings. The SMILES string of the molecule is Cc1cc(C)c(-c2cc3c4c(c2)N(c2c(F)cccc2F)c2cc5c(cc2B4c2sc4ccc(F)cc4c2O3)B2c3cc4c(cc3Oc3cc(C)cc(c32)O5)N(c2c(F)cccc2F)c2cc(-c3c(C)cc(C)cc3C)cc3c2B4c2sc4ccc(F)cc4c2N3c2c(F)cccc2F)c(C)c1. The second-order valence-electron chi connectivity index (χ2n) is 27.7. The maximum atomic E-state index is 17.6. The summed E-state index contributed by atoms with van der Waals surface area (Å²) < 4.78 is 160. The molecule has 102 heavy (non-hydrogen) atoms. The number of nitrogens with zero attached hydrogens (tertiary/aromatic N) is 3. The number of hydrogen-bond acceptors (Lipinski definition) is 8. The topological polar surface area (TPSA) is 37.4 Å². The van der Waals surface area contributed by atoms with Gasteiger partial charge in [-0.15, -0.1) is 22.7 Å². The van der Waals surface area contributed by atoms with E-state index in [2.05, 4.69) is 12.1 Å². The van der Waals surface area contributed by atoms with Gasteiger partial charge in [0.15, 0.2) is 0 Å². The van der Waals surface area contributed by atoms with Crippen LogP contribution >= 0.6 is 22.7 Å². The Morgan fingerprint density at radius 1 is 0.314 bits per heavy atom. The highest BCUT2D eigenvalue weighted by Gasteiger charge is 2.52. The first-order valence-electron chi connectivity index (χ1n) is 33.5. The van der Waals surface area contributed by atoms with Crippen molar-refractivity contribution in [3.63, 3.8) is 0 Å². The lowest BCUT2D eigenvalue weighted by atomic mass is 9.31. The summed E-state index contributed by atoms with van der Waals surface area (Å²) in [7, 11) is 0. The molecular formula is C83H50B3F8N3O3S2. The van der Waals surface area contributed by atoms with Crippen molar-refractivity contribution in [1.82, 2.24) is 0 Å². The fraction of sp³-hybridized carbons (Fsp3) is 0.0843. The van der Waals surface area contributed by atoms with Crippen molar-refractivity contribution in [2.75, 3.05) is 14.7 Å². The highest BCUT2D eigenvalue weighted by atomic mass is 32.1. The molecule has 6 nitrogen and oxygen atoms in total. The zero-order valence-electron chi connectivity index (χ0n) is 55.4. The third-order valence-electron chi connectivity index (χ3n) is 21.2. The first kappa shape index (κ1) is 60.9. The Balaban J connectivity index is 0.889. The summed E-state index contributed by atoms with van der Waals surface area (Å²) in [6.45, 7) is 11.6. The van der Waals surface area contributed by atoms with Gasteiger partial charge in [0.05, 0.1) is 5.69 Å². The fourth-order valence-corrected chi connectivity index (χ4v) is 20.2. The Kier molecular flexibility index (Phi) is 12.9. The molecular weight excluding hydrogens is 1340 g/mol. The van der Waals surface area contributed by atoms with Crippen molar-refractivity contribution in [3.05, 3.63) is 261 Å². The van der Waals surface area contributed by atoms with Gasteiger partial charge in [-0.2, -0.15) is 0 Å². The number of ether oxygens (including phenoxy) is 3. The van der Waals surface area contributed by atoms with E-state index < -0.39 is 78.1 Å². The van der Waals surface area contributed by atoms with Gasteiger partial charge in [-0.05, 0) is 241 Å². The Labute approximate surface area is 589 Å². The summed E-state index contributed by atoms with van der Waals surface area (Å²) in [4.78, 5) is 4.69. The predicted molar refractivity (Wildman–Crippen MR) is 398 cm³/mol. The second kappa shape index (κ2) is 21.5. The normalized spacial score (nSPS) is 13.8. The van der Waals surface area contributed by atoms with E-state index in [1.165, 1.54) is 106 Å². The highest BCUT2D eigenvalue weighted by molar-refractivity contribution is 7.34. The van der Waals surface area contributed by atoms with E-state index in [9.17, 15) is 0 Å². The van der Waals surface area contributed by atoms with Crippen LogP contribution in [0.4, 0.5) is 86.3 Å². The van der Waals surface area contributed by atoms with E-state index in [1.54, 1.807) is 21.9 Å². The van der Waals surface area contributed by atoms with Crippen molar-refractivity contribution in [1.29, 1.82) is 0 Å². The lowest BCUT2D eigenvalue weighted by molar-refractivity contribution is 0.464. The van der Waals surface area contributed by atoms with Crippen LogP contribution in [0.1, 0.15) is 38.9 Å². The number of anilines is 9.